The molecule has 5 heteroatoms. The third-order valence-electron chi connectivity index (χ3n) is 2.92. The summed E-state index contributed by atoms with van der Waals surface area (Å²) in [4.78, 5) is 0. The summed E-state index contributed by atoms with van der Waals surface area (Å²) in [6.07, 6.45) is 0.872. The van der Waals surface area contributed by atoms with Crippen molar-refractivity contribution in [1.29, 1.82) is 0 Å². The fraction of sp³-hybridized carbons (Fsp3) is 0.357. The number of phenolic OH excluding ortho intramolecular Hbond substituents is 1. The number of rotatable bonds is 5. The van der Waals surface area contributed by atoms with Gasteiger partial charge in [-0.25, -0.2) is 0 Å². The lowest BCUT2D eigenvalue weighted by Gasteiger charge is -2.09. The van der Waals surface area contributed by atoms with Gasteiger partial charge in [-0.15, -0.1) is 0 Å². The molecule has 1 aromatic heterocycles. The number of benzene rings is 1. The van der Waals surface area contributed by atoms with E-state index in [1.807, 2.05) is 17.7 Å². The Morgan fingerprint density at radius 3 is 2.68 bits per heavy atom. The minimum atomic E-state index is 0.150. The molecule has 0 saturated heterocycles. The Kier molecular flexibility index (Phi) is 4.47. The number of hydrogen-bond donors (Lipinski definition) is 1. The highest BCUT2D eigenvalue weighted by Crippen LogP contribution is 2.28. The van der Waals surface area contributed by atoms with Crippen molar-refractivity contribution in [3.8, 4) is 11.5 Å². The van der Waals surface area contributed by atoms with E-state index in [0.717, 1.165) is 28.8 Å². The predicted octanol–water partition coefficient (Wildman–Crippen LogP) is 3.51. The van der Waals surface area contributed by atoms with E-state index in [4.69, 9.17) is 4.74 Å². The normalized spacial score (nSPS) is 10.7. The lowest BCUT2D eigenvalue weighted by Crippen LogP contribution is -2.06. The Hall–Kier alpha value is -1.49. The smallest absolute Gasteiger partial charge is 0.161 e. The Bertz CT molecular complexity index is 567. The summed E-state index contributed by atoms with van der Waals surface area (Å²) in [7, 11) is 0. The third-order valence-corrected chi connectivity index (χ3v) is 3.84. The van der Waals surface area contributed by atoms with Crippen LogP contribution >= 0.6 is 15.9 Å². The average molecular weight is 325 g/mol. The van der Waals surface area contributed by atoms with Crippen LogP contribution in [0.5, 0.6) is 11.5 Å². The maximum Gasteiger partial charge on any atom is 0.161 e. The highest BCUT2D eigenvalue weighted by Gasteiger charge is 2.14. The maximum absolute atomic E-state index is 9.68. The van der Waals surface area contributed by atoms with Crippen molar-refractivity contribution in [2.75, 3.05) is 0 Å². The summed E-state index contributed by atoms with van der Waals surface area (Å²) in [5.41, 5.74) is 2.01. The van der Waals surface area contributed by atoms with Gasteiger partial charge in [0.05, 0.1) is 15.9 Å². The Labute approximate surface area is 121 Å². The molecular formula is C14H17BrN2O2. The standard InChI is InChI=1S/C14H17BrN2O2/c1-3-10-14(15)11(17(4-2)16-10)9-19-13-8-6-5-7-12(13)18/h5-8,18H,3-4,9H2,1-2H3. The van der Waals surface area contributed by atoms with E-state index in [0.29, 0.717) is 12.4 Å². The van der Waals surface area contributed by atoms with Crippen molar-refractivity contribution in [3.63, 3.8) is 0 Å². The van der Waals surface area contributed by atoms with E-state index in [1.54, 1.807) is 18.2 Å². The van der Waals surface area contributed by atoms with Crippen LogP contribution < -0.4 is 4.74 Å². The second kappa shape index (κ2) is 6.10. The van der Waals surface area contributed by atoms with Crippen molar-refractivity contribution in [2.24, 2.45) is 0 Å². The molecule has 0 aliphatic heterocycles. The molecule has 1 heterocycles. The highest BCUT2D eigenvalue weighted by atomic mass is 79.9. The third kappa shape index (κ3) is 2.92. The zero-order valence-corrected chi connectivity index (χ0v) is 12.6. The minimum Gasteiger partial charge on any atom is -0.504 e. The first kappa shape index (κ1) is 13.9. The Morgan fingerprint density at radius 2 is 2.05 bits per heavy atom. The zero-order valence-electron chi connectivity index (χ0n) is 11.1. The van der Waals surface area contributed by atoms with Crippen molar-refractivity contribution >= 4 is 15.9 Å². The molecular weight excluding hydrogens is 308 g/mol. The van der Waals surface area contributed by atoms with Crippen molar-refractivity contribution in [2.45, 2.75) is 33.4 Å². The van der Waals surface area contributed by atoms with Crippen LogP contribution in [0.25, 0.3) is 0 Å². The molecule has 0 fully saturated rings. The molecule has 0 unspecified atom stereocenters. The molecule has 1 aromatic carbocycles. The molecule has 0 bridgehead atoms. The first-order valence-electron chi connectivity index (χ1n) is 6.32. The van der Waals surface area contributed by atoms with Gasteiger partial charge in [-0.2, -0.15) is 5.10 Å². The Morgan fingerprint density at radius 1 is 1.32 bits per heavy atom. The monoisotopic (exact) mass is 324 g/mol. The number of halogens is 1. The molecule has 0 radical (unpaired) electrons. The number of hydrogen-bond acceptors (Lipinski definition) is 3. The van der Waals surface area contributed by atoms with Gasteiger partial charge in [-0.05, 0) is 41.4 Å². The largest absolute Gasteiger partial charge is 0.504 e. The number of nitrogens with zero attached hydrogens (tertiary/aromatic N) is 2. The van der Waals surface area contributed by atoms with E-state index in [-0.39, 0.29) is 5.75 Å². The van der Waals surface area contributed by atoms with Crippen LogP contribution in [0, 0.1) is 0 Å². The highest BCUT2D eigenvalue weighted by molar-refractivity contribution is 9.10. The van der Waals surface area contributed by atoms with Crippen LogP contribution in [0.4, 0.5) is 0 Å². The fourth-order valence-electron chi connectivity index (χ4n) is 1.88. The summed E-state index contributed by atoms with van der Waals surface area (Å²) < 4.78 is 8.58. The van der Waals surface area contributed by atoms with Gasteiger partial charge in [0.2, 0.25) is 0 Å². The van der Waals surface area contributed by atoms with Crippen molar-refractivity contribution in [3.05, 3.63) is 40.1 Å². The number of para-hydroxylation sites is 2. The van der Waals surface area contributed by atoms with E-state index >= 15 is 0 Å². The molecule has 0 aliphatic carbocycles. The summed E-state index contributed by atoms with van der Waals surface area (Å²) in [5, 5.41) is 14.2. The summed E-state index contributed by atoms with van der Waals surface area (Å²) >= 11 is 3.57. The molecule has 2 rings (SSSR count). The van der Waals surface area contributed by atoms with E-state index in [9.17, 15) is 5.11 Å². The van der Waals surface area contributed by atoms with E-state index < -0.39 is 0 Å². The van der Waals surface area contributed by atoms with Gasteiger partial charge in [0.25, 0.3) is 0 Å². The second-order valence-corrected chi connectivity index (χ2v) is 4.93. The van der Waals surface area contributed by atoms with Crippen LogP contribution in [-0.4, -0.2) is 14.9 Å². The topological polar surface area (TPSA) is 47.3 Å². The SMILES string of the molecule is CCc1nn(CC)c(COc2ccccc2O)c1Br. The first-order chi connectivity index (χ1) is 9.17. The predicted molar refractivity (Wildman–Crippen MR) is 77.4 cm³/mol. The lowest BCUT2D eigenvalue weighted by atomic mass is 10.3. The molecule has 0 saturated carbocycles. The summed E-state index contributed by atoms with van der Waals surface area (Å²) in [6, 6.07) is 6.96. The summed E-state index contributed by atoms with van der Waals surface area (Å²) in [5.74, 6) is 0.633. The number of aryl methyl sites for hydroxylation is 2. The first-order valence-corrected chi connectivity index (χ1v) is 7.11. The van der Waals surface area contributed by atoms with Crippen LogP contribution in [0.1, 0.15) is 25.2 Å². The number of aromatic nitrogens is 2. The molecule has 0 amide bonds. The molecule has 1 N–H and O–H groups in total. The fourth-order valence-corrected chi connectivity index (χ4v) is 2.56. The second-order valence-electron chi connectivity index (χ2n) is 4.13. The van der Waals surface area contributed by atoms with Gasteiger partial charge in [0.1, 0.15) is 6.61 Å². The van der Waals surface area contributed by atoms with Gasteiger partial charge >= 0.3 is 0 Å². The van der Waals surface area contributed by atoms with Crippen molar-refractivity contribution < 1.29 is 9.84 Å². The van der Waals surface area contributed by atoms with Crippen LogP contribution in [-0.2, 0) is 19.6 Å². The van der Waals surface area contributed by atoms with Gasteiger partial charge in [0, 0.05) is 6.54 Å². The van der Waals surface area contributed by atoms with Gasteiger partial charge in [-0.1, -0.05) is 19.1 Å². The van der Waals surface area contributed by atoms with Crippen LogP contribution in [0.15, 0.2) is 28.7 Å². The molecule has 102 valence electrons. The molecule has 0 aliphatic rings. The minimum absolute atomic E-state index is 0.150. The quantitative estimate of drug-likeness (QED) is 0.915. The zero-order chi connectivity index (χ0) is 13.8. The molecule has 0 spiro atoms. The van der Waals surface area contributed by atoms with Crippen molar-refractivity contribution in [1.82, 2.24) is 9.78 Å². The van der Waals surface area contributed by atoms with Gasteiger partial charge < -0.3 is 9.84 Å². The Balaban J connectivity index is 2.20. The number of ether oxygens (including phenoxy) is 1. The molecule has 0 atom stereocenters. The van der Waals surface area contributed by atoms with Crippen LogP contribution in [0.2, 0.25) is 0 Å². The van der Waals surface area contributed by atoms with E-state index in [1.165, 1.54) is 0 Å². The lowest BCUT2D eigenvalue weighted by molar-refractivity contribution is 0.277. The van der Waals surface area contributed by atoms with Gasteiger partial charge in [-0.3, -0.25) is 4.68 Å². The molecule has 2 aromatic rings. The number of aromatic hydroxyl groups is 1. The summed E-state index contributed by atoms with van der Waals surface area (Å²) in [6.45, 7) is 5.28. The van der Waals surface area contributed by atoms with Crippen LogP contribution in [0.3, 0.4) is 0 Å². The molecule has 19 heavy (non-hydrogen) atoms. The van der Waals surface area contributed by atoms with Gasteiger partial charge in [0.15, 0.2) is 11.5 Å². The van der Waals surface area contributed by atoms with E-state index in [2.05, 4.69) is 28.0 Å². The maximum atomic E-state index is 9.68. The molecule has 4 nitrogen and oxygen atoms in total. The number of phenols is 1. The average Bonchev–Trinajstić information content (AvgIpc) is 2.74.